The zero-order valence-corrected chi connectivity index (χ0v) is 17.7. The van der Waals surface area contributed by atoms with Gasteiger partial charge in [-0.2, -0.15) is 0 Å². The predicted molar refractivity (Wildman–Crippen MR) is 112 cm³/mol. The van der Waals surface area contributed by atoms with Crippen molar-refractivity contribution in [1.29, 1.82) is 0 Å². The summed E-state index contributed by atoms with van der Waals surface area (Å²) in [5.41, 5.74) is 0.245. The lowest BCUT2D eigenvalue weighted by Gasteiger charge is -2.18. The molecule has 1 amide bonds. The van der Waals surface area contributed by atoms with Crippen LogP contribution >= 0.6 is 23.6 Å². The number of carboxylic acids is 1. The van der Waals surface area contributed by atoms with Gasteiger partial charge in [0, 0.05) is 16.9 Å². The molecule has 10 heteroatoms. The molecule has 0 saturated heterocycles. The average molecular weight is 447 g/mol. The lowest BCUT2D eigenvalue weighted by Crippen LogP contribution is -2.32. The van der Waals surface area contributed by atoms with Crippen LogP contribution in [0.15, 0.2) is 22.7 Å². The van der Waals surface area contributed by atoms with Gasteiger partial charge in [0.2, 0.25) is 5.88 Å². The van der Waals surface area contributed by atoms with Crippen LogP contribution in [0.25, 0.3) is 12.2 Å². The van der Waals surface area contributed by atoms with Gasteiger partial charge in [-0.3, -0.25) is 9.36 Å². The number of hydrogen-bond acceptors (Lipinski definition) is 7. The molecule has 0 saturated carbocycles. The second-order valence-corrected chi connectivity index (χ2v) is 8.84. The molecule has 156 valence electrons. The van der Waals surface area contributed by atoms with Crippen LogP contribution in [-0.4, -0.2) is 39.9 Å². The summed E-state index contributed by atoms with van der Waals surface area (Å²) >= 11 is 6.32. The van der Waals surface area contributed by atoms with Crippen molar-refractivity contribution < 1.29 is 29.3 Å². The normalized spacial score (nSPS) is 17.3. The summed E-state index contributed by atoms with van der Waals surface area (Å²) in [7, 11) is 0. The molecule has 1 atom stereocenters. The first kappa shape index (κ1) is 20.3. The third-order valence-electron chi connectivity index (χ3n) is 4.76. The van der Waals surface area contributed by atoms with Crippen molar-refractivity contribution in [1.82, 2.24) is 4.57 Å². The third kappa shape index (κ3) is 3.52. The van der Waals surface area contributed by atoms with Gasteiger partial charge in [0.1, 0.15) is 19.3 Å². The number of rotatable bonds is 4. The van der Waals surface area contributed by atoms with Gasteiger partial charge in [0.15, 0.2) is 15.5 Å². The average Bonchev–Trinajstić information content (AvgIpc) is 2.94. The Hall–Kier alpha value is -2.98. The SMILES string of the molecule is CC(C)[C@@H](C(=O)O)n1c(O)c(C=C2C=c3cc4c(cc3=NC2=O)OCCO4)sc1=S. The van der Waals surface area contributed by atoms with E-state index in [0.717, 1.165) is 11.3 Å². The first-order chi connectivity index (χ1) is 14.3. The summed E-state index contributed by atoms with van der Waals surface area (Å²) < 4.78 is 12.5. The van der Waals surface area contributed by atoms with Crippen molar-refractivity contribution >= 4 is 47.6 Å². The zero-order chi connectivity index (χ0) is 21.6. The molecule has 0 bridgehead atoms. The van der Waals surface area contributed by atoms with Crippen molar-refractivity contribution in [2.45, 2.75) is 19.9 Å². The van der Waals surface area contributed by atoms with E-state index >= 15 is 0 Å². The van der Waals surface area contributed by atoms with E-state index in [1.165, 1.54) is 10.6 Å². The van der Waals surface area contributed by atoms with E-state index in [9.17, 15) is 19.8 Å². The van der Waals surface area contributed by atoms with Crippen LogP contribution in [0.2, 0.25) is 0 Å². The van der Waals surface area contributed by atoms with Crippen LogP contribution in [0.5, 0.6) is 17.4 Å². The number of carbonyl (C=O) groups excluding carboxylic acids is 1. The number of thiazole rings is 1. The van der Waals surface area contributed by atoms with Gasteiger partial charge in [-0.05, 0) is 36.4 Å². The van der Waals surface area contributed by atoms with Gasteiger partial charge in [0.25, 0.3) is 5.91 Å². The van der Waals surface area contributed by atoms with Crippen molar-refractivity contribution in [3.8, 4) is 17.4 Å². The standard InChI is InChI=1S/C20H18N2O6S2/c1-9(2)16(19(25)26)22-18(24)15(30-20(22)29)7-11-5-10-6-13-14(28-4-3-27-13)8-12(10)21-17(11)23/h5-9,16,24H,3-4H2,1-2H3,(H,25,26)/t16-/m0/s1. The van der Waals surface area contributed by atoms with Gasteiger partial charge >= 0.3 is 5.97 Å². The van der Waals surface area contributed by atoms with Crippen LogP contribution in [-0.2, 0) is 9.59 Å². The number of carboxylic acid groups (broad SMARTS) is 1. The number of benzene rings is 1. The van der Waals surface area contributed by atoms with Crippen molar-refractivity contribution in [2.75, 3.05) is 13.2 Å². The second-order valence-electron chi connectivity index (χ2n) is 7.17. The molecule has 0 fully saturated rings. The summed E-state index contributed by atoms with van der Waals surface area (Å²) in [5.74, 6) is -1.04. The van der Waals surface area contributed by atoms with Crippen LogP contribution < -0.4 is 20.0 Å². The van der Waals surface area contributed by atoms with Crippen LogP contribution in [0.4, 0.5) is 0 Å². The third-order valence-corrected chi connectivity index (χ3v) is 6.10. The Balaban J connectivity index is 1.81. The summed E-state index contributed by atoms with van der Waals surface area (Å²) in [6, 6.07) is 2.40. The summed E-state index contributed by atoms with van der Waals surface area (Å²) in [6.07, 6.45) is 3.11. The molecule has 3 heterocycles. The number of fused-ring (bicyclic) bond motifs is 2. The Bertz CT molecular complexity index is 1270. The van der Waals surface area contributed by atoms with E-state index in [1.807, 2.05) is 0 Å². The lowest BCUT2D eigenvalue weighted by atomic mass is 10.0. The predicted octanol–water partition coefficient (Wildman–Crippen LogP) is 2.06. The van der Waals surface area contributed by atoms with Gasteiger partial charge in [-0.15, -0.1) is 11.3 Å². The number of aromatic nitrogens is 1. The smallest absolute Gasteiger partial charge is 0.327 e. The minimum Gasteiger partial charge on any atom is -0.493 e. The molecule has 0 aliphatic carbocycles. The molecule has 1 aromatic heterocycles. The Morgan fingerprint density at radius 3 is 2.60 bits per heavy atom. The minimum atomic E-state index is -1.09. The van der Waals surface area contributed by atoms with Crippen molar-refractivity contribution in [3.05, 3.63) is 37.1 Å². The topological polar surface area (TPSA) is 110 Å². The molecule has 0 spiro atoms. The molecule has 0 radical (unpaired) electrons. The number of nitrogens with zero attached hydrogens (tertiary/aromatic N) is 2. The molecule has 8 nitrogen and oxygen atoms in total. The maximum atomic E-state index is 12.5. The highest BCUT2D eigenvalue weighted by atomic mass is 32.1. The first-order valence-electron chi connectivity index (χ1n) is 9.19. The van der Waals surface area contributed by atoms with Gasteiger partial charge in [-0.25, -0.2) is 9.79 Å². The Kier molecular flexibility index (Phi) is 5.20. The molecule has 2 aromatic rings. The molecule has 30 heavy (non-hydrogen) atoms. The van der Waals surface area contributed by atoms with Gasteiger partial charge < -0.3 is 19.7 Å². The van der Waals surface area contributed by atoms with E-state index in [-0.39, 0.29) is 21.3 Å². The molecule has 2 N–H and O–H groups in total. The van der Waals surface area contributed by atoms with Crippen LogP contribution in [0, 0.1) is 9.87 Å². The minimum absolute atomic E-state index is 0.209. The van der Waals surface area contributed by atoms with Crippen molar-refractivity contribution in [2.24, 2.45) is 10.9 Å². The summed E-state index contributed by atoms with van der Waals surface area (Å²) in [5, 5.41) is 21.3. The Morgan fingerprint density at radius 1 is 1.30 bits per heavy atom. The van der Waals surface area contributed by atoms with Crippen LogP contribution in [0.1, 0.15) is 24.8 Å². The molecule has 2 aliphatic rings. The van der Waals surface area contributed by atoms with Gasteiger partial charge in [-0.1, -0.05) is 13.8 Å². The van der Waals surface area contributed by atoms with E-state index in [1.54, 1.807) is 32.1 Å². The maximum Gasteiger partial charge on any atom is 0.327 e. The Labute approximate surface area is 180 Å². The van der Waals surface area contributed by atoms with E-state index in [0.29, 0.717) is 40.2 Å². The first-order valence-corrected chi connectivity index (χ1v) is 10.4. The maximum absolute atomic E-state index is 12.5. The molecule has 4 rings (SSSR count). The fourth-order valence-electron chi connectivity index (χ4n) is 3.38. The number of amides is 1. The van der Waals surface area contributed by atoms with Crippen molar-refractivity contribution in [3.63, 3.8) is 0 Å². The largest absolute Gasteiger partial charge is 0.493 e. The molecular weight excluding hydrogens is 428 g/mol. The quantitative estimate of drug-likeness (QED) is 0.546. The van der Waals surface area contributed by atoms with E-state index < -0.39 is 17.9 Å². The number of hydrogen-bond donors (Lipinski definition) is 2. The van der Waals surface area contributed by atoms with Crippen LogP contribution in [0.3, 0.4) is 0 Å². The molecule has 2 aliphatic heterocycles. The highest BCUT2D eigenvalue weighted by molar-refractivity contribution is 7.73. The van der Waals surface area contributed by atoms with E-state index in [4.69, 9.17) is 21.7 Å². The highest BCUT2D eigenvalue weighted by Gasteiger charge is 2.28. The van der Waals surface area contributed by atoms with Gasteiger partial charge in [0.05, 0.1) is 10.2 Å². The van der Waals surface area contributed by atoms with E-state index in [2.05, 4.69) is 4.99 Å². The number of ether oxygens (including phenoxy) is 2. The number of aliphatic carboxylic acids is 1. The summed E-state index contributed by atoms with van der Waals surface area (Å²) in [4.78, 5) is 28.6. The molecule has 1 aromatic carbocycles. The summed E-state index contributed by atoms with van der Waals surface area (Å²) in [6.45, 7) is 4.34. The fourth-order valence-corrected chi connectivity index (χ4v) is 4.71. The number of aromatic hydroxyl groups is 1. The highest BCUT2D eigenvalue weighted by Crippen LogP contribution is 2.34. The molecule has 0 unspecified atom stereocenters. The second kappa shape index (κ2) is 7.69. The zero-order valence-electron chi connectivity index (χ0n) is 16.1. The fraction of sp³-hybridized carbons (Fsp3) is 0.300. The number of carbonyl (C=O) groups is 2. The Morgan fingerprint density at radius 2 is 1.97 bits per heavy atom. The monoisotopic (exact) mass is 446 g/mol. The molecular formula is C20H18N2O6S2. The lowest BCUT2D eigenvalue weighted by molar-refractivity contribution is -0.142.